The Morgan fingerprint density at radius 3 is 2.44 bits per heavy atom. The first-order valence-electron chi connectivity index (χ1n) is 5.03. The number of halogens is 5. The van der Waals surface area contributed by atoms with Gasteiger partial charge in [0.1, 0.15) is 0 Å². The van der Waals surface area contributed by atoms with Crippen LogP contribution in [0.15, 0.2) is 40.9 Å². The summed E-state index contributed by atoms with van der Waals surface area (Å²) in [6.07, 6.45) is 0. The van der Waals surface area contributed by atoms with Gasteiger partial charge in [-0.15, -0.1) is 11.6 Å². The van der Waals surface area contributed by atoms with Gasteiger partial charge >= 0.3 is 0 Å². The molecule has 5 heteroatoms. The van der Waals surface area contributed by atoms with E-state index in [0.717, 1.165) is 25.7 Å². The van der Waals surface area contributed by atoms with Gasteiger partial charge < -0.3 is 0 Å². The second kappa shape index (κ2) is 5.84. The molecule has 1 atom stereocenters. The van der Waals surface area contributed by atoms with Crippen LogP contribution in [0.5, 0.6) is 0 Å². The summed E-state index contributed by atoms with van der Waals surface area (Å²) in [5.41, 5.74) is 1.35. The van der Waals surface area contributed by atoms with E-state index in [0.29, 0.717) is 5.56 Å². The van der Waals surface area contributed by atoms with E-state index in [1.54, 1.807) is 0 Å². The van der Waals surface area contributed by atoms with Crippen LogP contribution in [0, 0.1) is 15.2 Å². The lowest BCUT2D eigenvalue weighted by Gasteiger charge is -2.13. The van der Waals surface area contributed by atoms with Gasteiger partial charge in [-0.1, -0.05) is 22.0 Å². The molecule has 2 rings (SSSR count). The predicted octanol–water partition coefficient (Wildman–Crippen LogP) is 5.66. The molecule has 0 aliphatic carbocycles. The van der Waals surface area contributed by atoms with E-state index in [4.69, 9.17) is 11.6 Å². The van der Waals surface area contributed by atoms with Gasteiger partial charge in [-0.2, -0.15) is 0 Å². The van der Waals surface area contributed by atoms with Crippen molar-refractivity contribution in [3.05, 3.63) is 67.2 Å². The van der Waals surface area contributed by atoms with Gasteiger partial charge in [-0.3, -0.25) is 0 Å². The molecule has 2 aromatic carbocycles. The van der Waals surface area contributed by atoms with Crippen molar-refractivity contribution >= 4 is 50.1 Å². The van der Waals surface area contributed by atoms with Crippen molar-refractivity contribution in [3.63, 3.8) is 0 Å². The Balaban J connectivity index is 2.44. The summed E-state index contributed by atoms with van der Waals surface area (Å²) in [6, 6.07) is 9.42. The fourth-order valence-electron chi connectivity index (χ4n) is 1.56. The first-order chi connectivity index (χ1) is 8.49. The quantitative estimate of drug-likeness (QED) is 0.415. The maximum Gasteiger partial charge on any atom is 0.159 e. The molecule has 0 saturated carbocycles. The fraction of sp³-hybridized carbons (Fsp3) is 0.0769. The van der Waals surface area contributed by atoms with Crippen LogP contribution in [-0.4, -0.2) is 0 Å². The highest BCUT2D eigenvalue weighted by atomic mass is 127. The van der Waals surface area contributed by atoms with Gasteiger partial charge in [0.25, 0.3) is 0 Å². The Morgan fingerprint density at radius 2 is 1.78 bits per heavy atom. The Kier molecular flexibility index (Phi) is 4.61. The molecule has 0 fully saturated rings. The summed E-state index contributed by atoms with van der Waals surface area (Å²) in [5.74, 6) is -1.76. The average molecular weight is 443 g/mol. The molecule has 1 unspecified atom stereocenters. The van der Waals surface area contributed by atoms with E-state index in [1.807, 2.05) is 18.2 Å². The van der Waals surface area contributed by atoms with Gasteiger partial charge in [0.2, 0.25) is 0 Å². The van der Waals surface area contributed by atoms with E-state index in [1.165, 1.54) is 6.07 Å². The number of rotatable bonds is 2. The van der Waals surface area contributed by atoms with Crippen LogP contribution in [0.2, 0.25) is 0 Å². The lowest BCUT2D eigenvalue weighted by Crippen LogP contribution is -1.97. The molecular weight excluding hydrogens is 436 g/mol. The average Bonchev–Trinajstić information content (AvgIpc) is 2.35. The first kappa shape index (κ1) is 14.2. The topological polar surface area (TPSA) is 0 Å². The summed E-state index contributed by atoms with van der Waals surface area (Å²) in [4.78, 5) is 0. The highest BCUT2D eigenvalue weighted by Gasteiger charge is 2.16. The molecular formula is C13H7BrClF2I. The Bertz CT molecular complexity index is 589. The minimum Gasteiger partial charge on any atom is -0.204 e. The molecule has 18 heavy (non-hydrogen) atoms. The standard InChI is InChI=1S/C13H7BrClF2I/c14-10-3-2-8(18)6-9(10)13(15)7-1-4-11(16)12(17)5-7/h1-6,13H. The molecule has 0 spiro atoms. The largest absolute Gasteiger partial charge is 0.204 e. The lowest BCUT2D eigenvalue weighted by atomic mass is 10.0. The van der Waals surface area contributed by atoms with Crippen LogP contribution in [-0.2, 0) is 0 Å². The molecule has 0 bridgehead atoms. The van der Waals surface area contributed by atoms with Crippen molar-refractivity contribution in [1.82, 2.24) is 0 Å². The van der Waals surface area contributed by atoms with Crippen molar-refractivity contribution in [1.29, 1.82) is 0 Å². The van der Waals surface area contributed by atoms with Crippen LogP contribution < -0.4 is 0 Å². The van der Waals surface area contributed by atoms with Crippen molar-refractivity contribution in [2.24, 2.45) is 0 Å². The molecule has 0 nitrogen and oxygen atoms in total. The molecule has 0 heterocycles. The van der Waals surface area contributed by atoms with Crippen LogP contribution in [0.1, 0.15) is 16.5 Å². The Hall–Kier alpha value is -0.200. The molecule has 0 saturated heterocycles. The van der Waals surface area contributed by atoms with Crippen LogP contribution in [0.4, 0.5) is 8.78 Å². The van der Waals surface area contributed by atoms with Crippen molar-refractivity contribution < 1.29 is 8.78 Å². The summed E-state index contributed by atoms with van der Waals surface area (Å²) in [7, 11) is 0. The van der Waals surface area contributed by atoms with Crippen LogP contribution >= 0.6 is 50.1 Å². The Labute approximate surface area is 131 Å². The lowest BCUT2D eigenvalue weighted by molar-refractivity contribution is 0.507. The maximum absolute atomic E-state index is 13.2. The van der Waals surface area contributed by atoms with E-state index in [-0.39, 0.29) is 0 Å². The highest BCUT2D eigenvalue weighted by molar-refractivity contribution is 14.1. The molecule has 0 aliphatic rings. The third-order valence-electron chi connectivity index (χ3n) is 2.47. The van der Waals surface area contributed by atoms with E-state index in [2.05, 4.69) is 38.5 Å². The molecule has 2 aromatic rings. The predicted molar refractivity (Wildman–Crippen MR) is 80.9 cm³/mol. The molecule has 0 N–H and O–H groups in total. The number of benzene rings is 2. The molecule has 0 aliphatic heterocycles. The molecule has 94 valence electrons. The molecule has 0 radical (unpaired) electrons. The van der Waals surface area contributed by atoms with Crippen LogP contribution in [0.25, 0.3) is 0 Å². The number of alkyl halides is 1. The summed E-state index contributed by atoms with van der Waals surface area (Å²) in [5, 5.41) is -0.524. The second-order valence-electron chi connectivity index (χ2n) is 3.70. The zero-order valence-electron chi connectivity index (χ0n) is 8.93. The smallest absolute Gasteiger partial charge is 0.159 e. The monoisotopic (exact) mass is 442 g/mol. The summed E-state index contributed by atoms with van der Waals surface area (Å²) >= 11 is 11.9. The van der Waals surface area contributed by atoms with Crippen molar-refractivity contribution in [2.75, 3.05) is 0 Å². The number of hydrogen-bond donors (Lipinski definition) is 0. The zero-order chi connectivity index (χ0) is 13.3. The van der Waals surface area contributed by atoms with Gasteiger partial charge in [-0.25, -0.2) is 8.78 Å². The minimum atomic E-state index is -0.889. The summed E-state index contributed by atoms with van der Waals surface area (Å²) < 4.78 is 27.9. The van der Waals surface area contributed by atoms with E-state index >= 15 is 0 Å². The second-order valence-corrected chi connectivity index (χ2v) is 6.24. The van der Waals surface area contributed by atoms with Crippen molar-refractivity contribution in [3.8, 4) is 0 Å². The Morgan fingerprint density at radius 1 is 1.06 bits per heavy atom. The SMILES string of the molecule is Fc1ccc(C(Cl)c2cc(I)ccc2Br)cc1F. The van der Waals surface area contributed by atoms with E-state index < -0.39 is 17.0 Å². The normalized spacial score (nSPS) is 12.5. The van der Waals surface area contributed by atoms with Gasteiger partial charge in [0.05, 0.1) is 5.38 Å². The van der Waals surface area contributed by atoms with E-state index in [9.17, 15) is 8.78 Å². The fourth-order valence-corrected chi connectivity index (χ4v) is 3.00. The number of hydrogen-bond acceptors (Lipinski definition) is 0. The van der Waals surface area contributed by atoms with Gasteiger partial charge in [-0.05, 0) is 64.0 Å². The minimum absolute atomic E-state index is 0.524. The third-order valence-corrected chi connectivity index (χ3v) is 4.35. The molecule has 0 amide bonds. The summed E-state index contributed by atoms with van der Waals surface area (Å²) in [6.45, 7) is 0. The van der Waals surface area contributed by atoms with Gasteiger partial charge in [0.15, 0.2) is 11.6 Å². The van der Waals surface area contributed by atoms with Crippen molar-refractivity contribution in [2.45, 2.75) is 5.38 Å². The first-order valence-corrected chi connectivity index (χ1v) is 7.34. The maximum atomic E-state index is 13.2. The van der Waals surface area contributed by atoms with Crippen LogP contribution in [0.3, 0.4) is 0 Å². The zero-order valence-corrected chi connectivity index (χ0v) is 13.4. The highest BCUT2D eigenvalue weighted by Crippen LogP contribution is 2.35. The molecule has 0 aromatic heterocycles. The van der Waals surface area contributed by atoms with Gasteiger partial charge in [0, 0.05) is 8.04 Å². The third kappa shape index (κ3) is 3.03.